The minimum Gasteiger partial charge on any atom is -0.398 e. The van der Waals surface area contributed by atoms with Crippen LogP contribution in [0.1, 0.15) is 36.5 Å². The summed E-state index contributed by atoms with van der Waals surface area (Å²) in [5.74, 6) is 1.10. The Hall–Kier alpha value is -0.720. The van der Waals surface area contributed by atoms with Crippen molar-refractivity contribution in [2.24, 2.45) is 0 Å². The molecule has 0 aromatic heterocycles. The third-order valence-electron chi connectivity index (χ3n) is 4.28. The van der Waals surface area contributed by atoms with Crippen LogP contribution in [0.15, 0.2) is 11.0 Å². The van der Waals surface area contributed by atoms with Gasteiger partial charge in [0.15, 0.2) is 0 Å². The first-order valence-corrected chi connectivity index (χ1v) is 9.63. The lowest BCUT2D eigenvalue weighted by Crippen LogP contribution is -2.37. The first-order chi connectivity index (χ1) is 9.66. The van der Waals surface area contributed by atoms with Crippen LogP contribution >= 0.6 is 11.8 Å². The van der Waals surface area contributed by atoms with Crippen molar-refractivity contribution in [3.63, 3.8) is 0 Å². The van der Waals surface area contributed by atoms with Crippen LogP contribution in [0.3, 0.4) is 0 Å². The van der Waals surface area contributed by atoms with E-state index < -0.39 is 10.0 Å². The van der Waals surface area contributed by atoms with E-state index in [9.17, 15) is 8.42 Å². The quantitative estimate of drug-likeness (QED) is 0.834. The Morgan fingerprint density at radius 2 is 2.00 bits per heavy atom. The number of sulfonamides is 1. The van der Waals surface area contributed by atoms with Crippen LogP contribution in [0.5, 0.6) is 0 Å². The molecule has 0 saturated carbocycles. The molecule has 1 fully saturated rings. The Balaban J connectivity index is 2.32. The highest BCUT2D eigenvalue weighted by Gasteiger charge is 2.32. The number of thioether (sulfide) groups is 1. The van der Waals surface area contributed by atoms with Gasteiger partial charge in [-0.15, -0.1) is 0 Å². The molecule has 0 amide bonds. The van der Waals surface area contributed by atoms with Gasteiger partial charge in [0, 0.05) is 17.0 Å². The highest BCUT2D eigenvalue weighted by molar-refractivity contribution is 8.01. The maximum absolute atomic E-state index is 12.7. The van der Waals surface area contributed by atoms with Gasteiger partial charge >= 0.3 is 0 Å². The second-order valence-electron chi connectivity index (χ2n) is 6.09. The Labute approximate surface area is 131 Å². The standard InChI is InChI=1S/C15H24N2O2S2/c1-10-8-13(16)12(3)14(11(10)2)21(18,19)17-9-15(4)6-5-7-20-15/h8,17H,5-7,9,16H2,1-4H3. The molecule has 1 aromatic rings. The molecule has 21 heavy (non-hydrogen) atoms. The molecule has 118 valence electrons. The molecule has 1 aromatic carbocycles. The highest BCUT2D eigenvalue weighted by Crippen LogP contribution is 2.37. The predicted molar refractivity (Wildman–Crippen MR) is 90.4 cm³/mol. The fraction of sp³-hybridized carbons (Fsp3) is 0.600. The summed E-state index contributed by atoms with van der Waals surface area (Å²) in [7, 11) is -3.54. The van der Waals surface area contributed by atoms with Gasteiger partial charge in [0.25, 0.3) is 0 Å². The largest absolute Gasteiger partial charge is 0.398 e. The molecule has 1 aliphatic heterocycles. The smallest absolute Gasteiger partial charge is 0.241 e. The van der Waals surface area contributed by atoms with Gasteiger partial charge in [-0.05, 0) is 69.0 Å². The van der Waals surface area contributed by atoms with Crippen molar-refractivity contribution in [2.45, 2.75) is 50.2 Å². The van der Waals surface area contributed by atoms with Gasteiger partial charge in [0.1, 0.15) is 0 Å². The average Bonchev–Trinajstić information content (AvgIpc) is 2.82. The molecule has 4 nitrogen and oxygen atoms in total. The van der Waals surface area contributed by atoms with Crippen LogP contribution in [0, 0.1) is 20.8 Å². The number of aryl methyl sites for hydroxylation is 1. The van der Waals surface area contributed by atoms with E-state index in [1.165, 1.54) is 0 Å². The summed E-state index contributed by atoms with van der Waals surface area (Å²) in [5, 5.41) is 0. The molecule has 0 bridgehead atoms. The van der Waals surface area contributed by atoms with Gasteiger partial charge in [-0.1, -0.05) is 0 Å². The van der Waals surface area contributed by atoms with Gasteiger partial charge in [-0.2, -0.15) is 11.8 Å². The zero-order valence-corrected chi connectivity index (χ0v) is 14.7. The minimum atomic E-state index is -3.54. The second kappa shape index (κ2) is 5.82. The number of rotatable bonds is 4. The van der Waals surface area contributed by atoms with Crippen molar-refractivity contribution in [1.29, 1.82) is 0 Å². The van der Waals surface area contributed by atoms with Crippen LogP contribution in [0.25, 0.3) is 0 Å². The fourth-order valence-corrected chi connectivity index (χ4v) is 5.81. The minimum absolute atomic E-state index is 0.00422. The molecule has 0 spiro atoms. The Morgan fingerprint density at radius 1 is 1.33 bits per heavy atom. The number of nitrogen functional groups attached to an aromatic ring is 1. The second-order valence-corrected chi connectivity index (χ2v) is 9.47. The van der Waals surface area contributed by atoms with Gasteiger partial charge in [-0.3, -0.25) is 0 Å². The summed E-state index contributed by atoms with van der Waals surface area (Å²) >= 11 is 1.84. The SMILES string of the molecule is Cc1cc(N)c(C)c(S(=O)(=O)NCC2(C)CCCS2)c1C. The zero-order valence-electron chi connectivity index (χ0n) is 13.1. The fourth-order valence-electron chi connectivity index (χ4n) is 2.74. The van der Waals surface area contributed by atoms with E-state index in [1.807, 2.05) is 31.7 Å². The number of anilines is 1. The number of hydrogen-bond acceptors (Lipinski definition) is 4. The van der Waals surface area contributed by atoms with Crippen LogP contribution in [-0.2, 0) is 10.0 Å². The third kappa shape index (κ3) is 3.38. The van der Waals surface area contributed by atoms with Crippen molar-refractivity contribution in [3.05, 3.63) is 22.8 Å². The number of hydrogen-bond donors (Lipinski definition) is 2. The molecular formula is C15H24N2O2S2. The molecule has 6 heteroatoms. The topological polar surface area (TPSA) is 72.2 Å². The van der Waals surface area contributed by atoms with Crippen molar-refractivity contribution in [1.82, 2.24) is 4.72 Å². The summed E-state index contributed by atoms with van der Waals surface area (Å²) in [5.41, 5.74) is 8.78. The first kappa shape index (κ1) is 16.6. The van der Waals surface area contributed by atoms with E-state index in [0.717, 1.165) is 29.7 Å². The van der Waals surface area contributed by atoms with E-state index in [2.05, 4.69) is 11.6 Å². The molecule has 1 heterocycles. The van der Waals surface area contributed by atoms with Gasteiger partial charge < -0.3 is 5.73 Å². The highest BCUT2D eigenvalue weighted by atomic mass is 32.2. The molecule has 0 radical (unpaired) electrons. The molecule has 1 saturated heterocycles. The summed E-state index contributed by atoms with van der Waals surface area (Å²) < 4.78 is 28.2. The van der Waals surface area contributed by atoms with E-state index in [0.29, 0.717) is 22.7 Å². The molecular weight excluding hydrogens is 304 g/mol. The van der Waals surface area contributed by atoms with Crippen molar-refractivity contribution < 1.29 is 8.42 Å². The van der Waals surface area contributed by atoms with Gasteiger partial charge in [0.2, 0.25) is 10.0 Å². The zero-order chi connectivity index (χ0) is 15.8. The van der Waals surface area contributed by atoms with Gasteiger partial charge in [-0.25, -0.2) is 13.1 Å². The van der Waals surface area contributed by atoms with E-state index in [-0.39, 0.29) is 4.75 Å². The summed E-state index contributed by atoms with van der Waals surface area (Å²) in [4.78, 5) is 0.339. The Kier molecular flexibility index (Phi) is 4.61. The maximum Gasteiger partial charge on any atom is 0.241 e. The van der Waals surface area contributed by atoms with Crippen molar-refractivity contribution in [3.8, 4) is 0 Å². The van der Waals surface area contributed by atoms with E-state index in [1.54, 1.807) is 6.92 Å². The normalized spacial score (nSPS) is 22.7. The van der Waals surface area contributed by atoms with Crippen LogP contribution in [-0.4, -0.2) is 25.5 Å². The lowest BCUT2D eigenvalue weighted by atomic mass is 10.1. The lowest BCUT2D eigenvalue weighted by Gasteiger charge is -2.24. The van der Waals surface area contributed by atoms with Crippen molar-refractivity contribution >= 4 is 27.5 Å². The van der Waals surface area contributed by atoms with Gasteiger partial charge in [0.05, 0.1) is 4.90 Å². The summed E-state index contributed by atoms with van der Waals surface area (Å²) in [6, 6.07) is 1.83. The Morgan fingerprint density at radius 3 is 2.57 bits per heavy atom. The number of nitrogens with two attached hydrogens (primary N) is 1. The molecule has 2 rings (SSSR count). The molecule has 3 N–H and O–H groups in total. The van der Waals surface area contributed by atoms with Crippen LogP contribution < -0.4 is 10.5 Å². The monoisotopic (exact) mass is 328 g/mol. The Bertz CT molecular complexity index is 622. The lowest BCUT2D eigenvalue weighted by molar-refractivity contribution is 0.551. The van der Waals surface area contributed by atoms with Crippen molar-refractivity contribution in [2.75, 3.05) is 18.0 Å². The third-order valence-corrected chi connectivity index (χ3v) is 7.50. The maximum atomic E-state index is 12.7. The summed E-state index contributed by atoms with van der Waals surface area (Å²) in [6.45, 7) is 8.08. The summed E-state index contributed by atoms with van der Waals surface area (Å²) in [6.07, 6.45) is 2.20. The van der Waals surface area contributed by atoms with Crippen LogP contribution in [0.2, 0.25) is 0 Å². The van der Waals surface area contributed by atoms with E-state index in [4.69, 9.17) is 5.73 Å². The molecule has 1 aliphatic rings. The molecule has 1 unspecified atom stereocenters. The number of benzene rings is 1. The average molecular weight is 329 g/mol. The molecule has 1 atom stereocenters. The van der Waals surface area contributed by atoms with Crippen LogP contribution in [0.4, 0.5) is 5.69 Å². The number of nitrogens with one attached hydrogen (secondary N) is 1. The first-order valence-electron chi connectivity index (χ1n) is 7.16. The molecule has 0 aliphatic carbocycles. The van der Waals surface area contributed by atoms with E-state index >= 15 is 0 Å². The predicted octanol–water partition coefficient (Wildman–Crippen LogP) is 2.76.